The van der Waals surface area contributed by atoms with Crippen LogP contribution >= 0.6 is 0 Å². The molecule has 0 atom stereocenters. The second-order valence-electron chi connectivity index (χ2n) is 4.90. The van der Waals surface area contributed by atoms with Crippen LogP contribution in [-0.2, 0) is 0 Å². The molecule has 17 heavy (non-hydrogen) atoms. The zero-order valence-corrected chi connectivity index (χ0v) is 10.5. The number of fused-ring (bicyclic) bond motifs is 1. The minimum atomic E-state index is -0.774. The number of likely N-dealkylation sites (N-methyl/N-ethyl adjacent to an activating group) is 1. The molecule has 0 unspecified atom stereocenters. The number of aromatic amines is 1. The van der Waals surface area contributed by atoms with Crippen LogP contribution in [0.2, 0.25) is 0 Å². The van der Waals surface area contributed by atoms with Gasteiger partial charge in [0.15, 0.2) is 5.65 Å². The average Bonchev–Trinajstić information content (AvgIpc) is 2.60. The molecule has 0 radical (unpaired) electrons. The highest BCUT2D eigenvalue weighted by molar-refractivity contribution is 5.86. The predicted octanol–water partition coefficient (Wildman–Crippen LogP) is 0.868. The predicted molar refractivity (Wildman–Crippen MR) is 66.0 cm³/mol. The summed E-state index contributed by atoms with van der Waals surface area (Å²) in [5.74, 6) is 1.46. The van der Waals surface area contributed by atoms with Crippen LogP contribution in [0.1, 0.15) is 19.7 Å². The number of hydrogen-bond acceptors (Lipinski definition) is 5. The molecule has 6 heteroatoms. The minimum Gasteiger partial charge on any atom is -0.389 e. The van der Waals surface area contributed by atoms with Crippen LogP contribution in [0.5, 0.6) is 0 Å². The molecule has 6 nitrogen and oxygen atoms in total. The van der Waals surface area contributed by atoms with E-state index in [1.54, 1.807) is 20.0 Å². The first-order valence-corrected chi connectivity index (χ1v) is 5.48. The highest BCUT2D eigenvalue weighted by Gasteiger charge is 2.19. The second kappa shape index (κ2) is 3.96. The summed E-state index contributed by atoms with van der Waals surface area (Å²) in [5, 5.41) is 17.5. The van der Waals surface area contributed by atoms with Crippen LogP contribution in [0.15, 0.2) is 6.20 Å². The molecule has 92 valence electrons. The molecule has 0 saturated carbocycles. The molecule has 2 rings (SSSR count). The van der Waals surface area contributed by atoms with E-state index in [0.29, 0.717) is 12.4 Å². The molecule has 0 bridgehead atoms. The van der Waals surface area contributed by atoms with Gasteiger partial charge in [0, 0.05) is 13.6 Å². The molecule has 0 saturated heterocycles. The number of anilines is 1. The van der Waals surface area contributed by atoms with Crippen molar-refractivity contribution in [2.75, 3.05) is 18.5 Å². The number of nitrogens with one attached hydrogen (secondary N) is 1. The van der Waals surface area contributed by atoms with Crippen molar-refractivity contribution < 1.29 is 5.11 Å². The van der Waals surface area contributed by atoms with E-state index in [4.69, 9.17) is 0 Å². The Morgan fingerprint density at radius 2 is 2.12 bits per heavy atom. The standard InChI is InChI=1S/C11H17N5O/c1-7-13-9-8(5-12-15-9)10(14-7)16(4)6-11(2,3)17/h5,17H,6H2,1-4H3,(H,12,13,14,15). The Balaban J connectivity index is 2.43. The highest BCUT2D eigenvalue weighted by atomic mass is 16.3. The van der Waals surface area contributed by atoms with Crippen LogP contribution in [0.4, 0.5) is 5.82 Å². The molecule has 2 N–H and O–H groups in total. The van der Waals surface area contributed by atoms with E-state index < -0.39 is 5.60 Å². The third kappa shape index (κ3) is 2.52. The number of aliphatic hydroxyl groups is 1. The van der Waals surface area contributed by atoms with Crippen molar-refractivity contribution in [3.8, 4) is 0 Å². The van der Waals surface area contributed by atoms with Gasteiger partial charge in [-0.15, -0.1) is 0 Å². The van der Waals surface area contributed by atoms with E-state index in [9.17, 15) is 5.11 Å². The fourth-order valence-electron chi connectivity index (χ4n) is 1.87. The van der Waals surface area contributed by atoms with Crippen LogP contribution in [0.3, 0.4) is 0 Å². The Hall–Kier alpha value is -1.69. The second-order valence-corrected chi connectivity index (χ2v) is 4.90. The first-order valence-electron chi connectivity index (χ1n) is 5.48. The molecule has 2 heterocycles. The fraction of sp³-hybridized carbons (Fsp3) is 0.545. The van der Waals surface area contributed by atoms with Gasteiger partial charge >= 0.3 is 0 Å². The molecule has 2 aromatic heterocycles. The number of rotatable bonds is 3. The van der Waals surface area contributed by atoms with Gasteiger partial charge in [-0.05, 0) is 20.8 Å². The van der Waals surface area contributed by atoms with Gasteiger partial charge in [0.05, 0.1) is 17.2 Å². The zero-order valence-electron chi connectivity index (χ0n) is 10.5. The lowest BCUT2D eigenvalue weighted by atomic mass is 10.1. The monoisotopic (exact) mass is 235 g/mol. The quantitative estimate of drug-likeness (QED) is 0.825. The number of hydrogen-bond donors (Lipinski definition) is 2. The van der Waals surface area contributed by atoms with Crippen molar-refractivity contribution in [1.82, 2.24) is 20.2 Å². The summed E-state index contributed by atoms with van der Waals surface area (Å²) >= 11 is 0. The summed E-state index contributed by atoms with van der Waals surface area (Å²) in [6.07, 6.45) is 1.70. The average molecular weight is 235 g/mol. The van der Waals surface area contributed by atoms with E-state index >= 15 is 0 Å². The molecule has 0 fully saturated rings. The van der Waals surface area contributed by atoms with Gasteiger partial charge < -0.3 is 10.0 Å². The summed E-state index contributed by atoms with van der Waals surface area (Å²) in [6.45, 7) is 5.86. The summed E-state index contributed by atoms with van der Waals surface area (Å²) in [4.78, 5) is 10.6. The molecule has 0 amide bonds. The topological polar surface area (TPSA) is 77.9 Å². The molecule has 0 spiro atoms. The summed E-state index contributed by atoms with van der Waals surface area (Å²) in [6, 6.07) is 0. The third-order valence-electron chi connectivity index (χ3n) is 2.39. The molecule has 0 aliphatic rings. The summed E-state index contributed by atoms with van der Waals surface area (Å²) in [5.41, 5.74) is -0.0565. The maximum absolute atomic E-state index is 9.83. The van der Waals surface area contributed by atoms with Crippen molar-refractivity contribution in [2.45, 2.75) is 26.4 Å². The van der Waals surface area contributed by atoms with Gasteiger partial charge in [0.2, 0.25) is 0 Å². The van der Waals surface area contributed by atoms with Crippen molar-refractivity contribution in [1.29, 1.82) is 0 Å². The van der Waals surface area contributed by atoms with Crippen LogP contribution in [0.25, 0.3) is 11.0 Å². The van der Waals surface area contributed by atoms with Crippen molar-refractivity contribution in [3.63, 3.8) is 0 Å². The molecule has 2 aromatic rings. The first kappa shape index (κ1) is 11.8. The van der Waals surface area contributed by atoms with Crippen molar-refractivity contribution in [2.24, 2.45) is 0 Å². The molecular formula is C11H17N5O. The van der Waals surface area contributed by atoms with Gasteiger partial charge in [0.1, 0.15) is 11.6 Å². The molecule has 0 aliphatic carbocycles. The Morgan fingerprint density at radius 3 is 2.76 bits per heavy atom. The van der Waals surface area contributed by atoms with E-state index in [1.165, 1.54) is 0 Å². The van der Waals surface area contributed by atoms with E-state index in [1.807, 2.05) is 18.9 Å². The largest absolute Gasteiger partial charge is 0.389 e. The van der Waals surface area contributed by atoms with Gasteiger partial charge in [-0.3, -0.25) is 5.10 Å². The van der Waals surface area contributed by atoms with Gasteiger partial charge in [0.25, 0.3) is 0 Å². The number of nitrogens with zero attached hydrogens (tertiary/aromatic N) is 4. The van der Waals surface area contributed by atoms with Crippen molar-refractivity contribution >= 4 is 16.9 Å². The lowest BCUT2D eigenvalue weighted by molar-refractivity contribution is 0.0885. The number of H-pyrrole nitrogens is 1. The maximum atomic E-state index is 9.83. The van der Waals surface area contributed by atoms with Crippen LogP contribution in [0, 0.1) is 6.92 Å². The van der Waals surface area contributed by atoms with Crippen LogP contribution < -0.4 is 4.90 Å². The number of aryl methyl sites for hydroxylation is 1. The summed E-state index contributed by atoms with van der Waals surface area (Å²) < 4.78 is 0. The van der Waals surface area contributed by atoms with Crippen molar-refractivity contribution in [3.05, 3.63) is 12.0 Å². The fourth-order valence-corrected chi connectivity index (χ4v) is 1.87. The normalized spacial score (nSPS) is 12.1. The van der Waals surface area contributed by atoms with Gasteiger partial charge in [-0.2, -0.15) is 5.10 Å². The Labute approximate surface area is 99.7 Å². The smallest absolute Gasteiger partial charge is 0.161 e. The lowest BCUT2D eigenvalue weighted by Crippen LogP contribution is -2.36. The maximum Gasteiger partial charge on any atom is 0.161 e. The Kier molecular flexibility index (Phi) is 2.74. The molecule has 0 aliphatic heterocycles. The minimum absolute atomic E-state index is 0.490. The van der Waals surface area contributed by atoms with E-state index in [-0.39, 0.29) is 0 Å². The van der Waals surface area contributed by atoms with Crippen LogP contribution in [-0.4, -0.2) is 44.5 Å². The SMILES string of the molecule is Cc1nc(N(C)CC(C)(C)O)c2cn[nH]c2n1. The summed E-state index contributed by atoms with van der Waals surface area (Å²) in [7, 11) is 1.90. The van der Waals surface area contributed by atoms with E-state index in [0.717, 1.165) is 16.9 Å². The lowest BCUT2D eigenvalue weighted by Gasteiger charge is -2.26. The van der Waals surface area contributed by atoms with Gasteiger partial charge in [-0.25, -0.2) is 9.97 Å². The van der Waals surface area contributed by atoms with Gasteiger partial charge in [-0.1, -0.05) is 0 Å². The first-order chi connectivity index (χ1) is 7.87. The molecule has 0 aromatic carbocycles. The zero-order chi connectivity index (χ0) is 12.6. The Bertz CT molecular complexity index is 528. The Morgan fingerprint density at radius 1 is 1.41 bits per heavy atom. The number of aromatic nitrogens is 4. The van der Waals surface area contributed by atoms with E-state index in [2.05, 4.69) is 20.2 Å². The highest BCUT2D eigenvalue weighted by Crippen LogP contribution is 2.22. The third-order valence-corrected chi connectivity index (χ3v) is 2.39. The molecular weight excluding hydrogens is 218 g/mol.